The molecule has 0 saturated heterocycles. The van der Waals surface area contributed by atoms with Crippen LogP contribution in [0.1, 0.15) is 25.0 Å². The first kappa shape index (κ1) is 37.7. The molecule has 0 aliphatic heterocycles. The highest BCUT2D eigenvalue weighted by Gasteiger charge is 2.36. The highest BCUT2D eigenvalue weighted by molar-refractivity contribution is 6.15. The van der Waals surface area contributed by atoms with Crippen LogP contribution in [0.5, 0.6) is 0 Å². The van der Waals surface area contributed by atoms with Crippen molar-refractivity contribution >= 4 is 49.4 Å². The van der Waals surface area contributed by atoms with E-state index in [1.165, 1.54) is 88.0 Å². The lowest BCUT2D eigenvalue weighted by molar-refractivity contribution is 0.660. The van der Waals surface area contributed by atoms with Crippen molar-refractivity contribution in [3.63, 3.8) is 0 Å². The first-order valence-corrected chi connectivity index (χ1v) is 22.3. The number of anilines is 3. The fourth-order valence-electron chi connectivity index (χ4n) is 10.4. The minimum atomic E-state index is -0.161. The predicted molar refractivity (Wildman–Crippen MR) is 273 cm³/mol. The van der Waals surface area contributed by atoms with Crippen LogP contribution in [0.3, 0.4) is 0 Å². The van der Waals surface area contributed by atoms with E-state index >= 15 is 0 Å². The molecular weight excluding hydrogens is 771 g/mol. The summed E-state index contributed by atoms with van der Waals surface area (Å²) >= 11 is 0. The quantitative estimate of drug-likeness (QED) is 0.145. The molecule has 0 saturated carbocycles. The van der Waals surface area contributed by atoms with Crippen LogP contribution in [0, 0.1) is 0 Å². The lowest BCUT2D eigenvalue weighted by Crippen LogP contribution is -2.17. The number of rotatable bonds is 7. The molecule has 0 aromatic heterocycles. The van der Waals surface area contributed by atoms with Gasteiger partial charge in [-0.3, -0.25) is 0 Å². The van der Waals surface area contributed by atoms with Crippen molar-refractivity contribution < 1.29 is 0 Å². The number of hydrogen-bond donors (Lipinski definition) is 0. The zero-order valence-electron chi connectivity index (χ0n) is 36.0. The van der Waals surface area contributed by atoms with Gasteiger partial charge in [-0.2, -0.15) is 0 Å². The third kappa shape index (κ3) is 6.23. The average molecular weight is 816 g/mol. The molecule has 302 valence electrons. The number of benzene rings is 11. The van der Waals surface area contributed by atoms with Gasteiger partial charge in [-0.05, 0) is 142 Å². The van der Waals surface area contributed by atoms with Crippen LogP contribution < -0.4 is 4.90 Å². The van der Waals surface area contributed by atoms with Crippen LogP contribution in [0.15, 0.2) is 237 Å². The first-order valence-electron chi connectivity index (χ1n) is 22.3. The SMILES string of the molecule is CC1(C)c2ccccc2-c2ccc(N(c3ccc(-c4ccc5ccccc5c4)cc3)c3cc(-c4ccccc4)c(-c4cc5ccccc5c5ccccc45)cc3-c3ccccc3)cc21. The van der Waals surface area contributed by atoms with Gasteiger partial charge in [0.15, 0.2) is 0 Å². The molecule has 1 aliphatic rings. The molecular formula is C63H45N. The highest BCUT2D eigenvalue weighted by atomic mass is 15.1. The van der Waals surface area contributed by atoms with Crippen molar-refractivity contribution in [1.29, 1.82) is 0 Å². The molecule has 0 fully saturated rings. The van der Waals surface area contributed by atoms with Crippen LogP contribution in [0.4, 0.5) is 17.1 Å². The van der Waals surface area contributed by atoms with Crippen molar-refractivity contribution in [2.24, 2.45) is 0 Å². The molecule has 0 atom stereocenters. The molecule has 0 bridgehead atoms. The monoisotopic (exact) mass is 815 g/mol. The zero-order valence-corrected chi connectivity index (χ0v) is 36.0. The Labute approximate surface area is 375 Å². The van der Waals surface area contributed by atoms with Crippen molar-refractivity contribution in [3.05, 3.63) is 248 Å². The van der Waals surface area contributed by atoms with Gasteiger partial charge in [-0.1, -0.05) is 202 Å². The van der Waals surface area contributed by atoms with Crippen LogP contribution in [-0.2, 0) is 5.41 Å². The highest BCUT2D eigenvalue weighted by Crippen LogP contribution is 2.53. The minimum absolute atomic E-state index is 0.161. The summed E-state index contributed by atoms with van der Waals surface area (Å²) in [5.41, 5.74) is 18.0. The Balaban J connectivity index is 1.14. The summed E-state index contributed by atoms with van der Waals surface area (Å²) in [6.07, 6.45) is 0. The summed E-state index contributed by atoms with van der Waals surface area (Å²) in [6, 6.07) is 87.5. The summed E-state index contributed by atoms with van der Waals surface area (Å²) in [5.74, 6) is 0. The van der Waals surface area contributed by atoms with E-state index in [-0.39, 0.29) is 5.41 Å². The minimum Gasteiger partial charge on any atom is -0.310 e. The Morgan fingerprint density at radius 3 is 1.62 bits per heavy atom. The molecule has 0 N–H and O–H groups in total. The van der Waals surface area contributed by atoms with Gasteiger partial charge in [0.25, 0.3) is 0 Å². The topological polar surface area (TPSA) is 3.24 Å². The summed E-state index contributed by atoms with van der Waals surface area (Å²) in [6.45, 7) is 4.74. The maximum absolute atomic E-state index is 2.50. The fourth-order valence-corrected chi connectivity index (χ4v) is 10.4. The Bertz CT molecular complexity index is 3560. The van der Waals surface area contributed by atoms with E-state index in [4.69, 9.17) is 0 Å². The van der Waals surface area contributed by atoms with Gasteiger partial charge >= 0.3 is 0 Å². The van der Waals surface area contributed by atoms with Crippen molar-refractivity contribution in [2.75, 3.05) is 4.90 Å². The van der Waals surface area contributed by atoms with E-state index in [2.05, 4.69) is 255 Å². The molecule has 0 amide bonds. The fraction of sp³-hybridized carbons (Fsp3) is 0.0476. The van der Waals surface area contributed by atoms with Crippen molar-refractivity contribution in [1.82, 2.24) is 0 Å². The molecule has 1 heteroatoms. The Morgan fingerprint density at radius 2 is 0.859 bits per heavy atom. The normalized spacial score (nSPS) is 12.7. The zero-order chi connectivity index (χ0) is 42.8. The van der Waals surface area contributed by atoms with Crippen molar-refractivity contribution in [2.45, 2.75) is 19.3 Å². The molecule has 0 radical (unpaired) electrons. The van der Waals surface area contributed by atoms with E-state index in [9.17, 15) is 0 Å². The second-order valence-electron chi connectivity index (χ2n) is 17.7. The van der Waals surface area contributed by atoms with E-state index < -0.39 is 0 Å². The second kappa shape index (κ2) is 15.1. The largest absolute Gasteiger partial charge is 0.310 e. The Morgan fingerprint density at radius 1 is 0.281 bits per heavy atom. The maximum Gasteiger partial charge on any atom is 0.0546 e. The first-order chi connectivity index (χ1) is 31.5. The van der Waals surface area contributed by atoms with E-state index in [1.807, 2.05) is 0 Å². The molecule has 11 aromatic carbocycles. The Hall–Kier alpha value is -8.00. The molecule has 12 rings (SSSR count). The van der Waals surface area contributed by atoms with Crippen LogP contribution in [0.25, 0.3) is 88.0 Å². The second-order valence-corrected chi connectivity index (χ2v) is 17.7. The standard InChI is InChI=1S/C63H45N/c1-63(2)60-28-16-15-27-54(60)55-36-35-50(39-61(55)63)64(49-33-31-43(32-34-49)47-30-29-42-17-9-10-22-46(42)37-47)62-41-56(44-18-5-3-6-19-44)59(40-57(62)45-20-7-4-8-21-45)58-38-48-23-11-12-24-51(48)52-25-13-14-26-53(52)58/h3-41H,1-2H3. The van der Waals surface area contributed by atoms with Crippen molar-refractivity contribution in [3.8, 4) is 55.6 Å². The molecule has 0 spiro atoms. The summed E-state index contributed by atoms with van der Waals surface area (Å²) in [5, 5.41) is 7.49. The van der Waals surface area contributed by atoms with Crippen LogP contribution >= 0.6 is 0 Å². The van der Waals surface area contributed by atoms with Crippen LogP contribution in [-0.4, -0.2) is 0 Å². The molecule has 0 unspecified atom stereocenters. The van der Waals surface area contributed by atoms with E-state index in [0.29, 0.717) is 0 Å². The van der Waals surface area contributed by atoms with Gasteiger partial charge in [-0.25, -0.2) is 0 Å². The molecule has 1 nitrogen and oxygen atoms in total. The third-order valence-corrected chi connectivity index (χ3v) is 13.6. The summed E-state index contributed by atoms with van der Waals surface area (Å²) in [4.78, 5) is 2.50. The predicted octanol–water partition coefficient (Wildman–Crippen LogP) is 17.6. The van der Waals surface area contributed by atoms with Gasteiger partial charge in [0.05, 0.1) is 5.69 Å². The van der Waals surface area contributed by atoms with Gasteiger partial charge in [-0.15, -0.1) is 0 Å². The van der Waals surface area contributed by atoms with E-state index in [1.54, 1.807) is 0 Å². The lowest BCUT2D eigenvalue weighted by Gasteiger charge is -2.31. The average Bonchev–Trinajstić information content (AvgIpc) is 3.59. The smallest absolute Gasteiger partial charge is 0.0546 e. The number of fused-ring (bicyclic) bond motifs is 7. The van der Waals surface area contributed by atoms with Gasteiger partial charge in [0.1, 0.15) is 0 Å². The molecule has 0 heterocycles. The number of nitrogens with zero attached hydrogens (tertiary/aromatic N) is 1. The van der Waals surface area contributed by atoms with Gasteiger partial charge in [0.2, 0.25) is 0 Å². The molecule has 1 aliphatic carbocycles. The lowest BCUT2D eigenvalue weighted by atomic mass is 9.82. The summed E-state index contributed by atoms with van der Waals surface area (Å²) in [7, 11) is 0. The molecule has 11 aromatic rings. The van der Waals surface area contributed by atoms with Crippen LogP contribution in [0.2, 0.25) is 0 Å². The van der Waals surface area contributed by atoms with E-state index in [0.717, 1.165) is 28.2 Å². The van der Waals surface area contributed by atoms with Gasteiger partial charge < -0.3 is 4.90 Å². The molecule has 64 heavy (non-hydrogen) atoms. The third-order valence-electron chi connectivity index (χ3n) is 13.6. The number of hydrogen-bond acceptors (Lipinski definition) is 1. The van der Waals surface area contributed by atoms with Gasteiger partial charge in [0, 0.05) is 22.4 Å². The maximum atomic E-state index is 2.50. The summed E-state index contributed by atoms with van der Waals surface area (Å²) < 4.78 is 0. The Kier molecular flexibility index (Phi) is 8.91.